The van der Waals surface area contributed by atoms with Gasteiger partial charge in [0, 0.05) is 43.2 Å². The van der Waals surface area contributed by atoms with Gasteiger partial charge in [-0.1, -0.05) is 5.16 Å². The highest BCUT2D eigenvalue weighted by atomic mass is 19.1. The van der Waals surface area contributed by atoms with Crippen molar-refractivity contribution in [1.29, 1.82) is 0 Å². The molecule has 31 heavy (non-hydrogen) atoms. The fourth-order valence-corrected chi connectivity index (χ4v) is 4.64. The molecule has 2 aromatic heterocycles. The van der Waals surface area contributed by atoms with Gasteiger partial charge in [-0.15, -0.1) is 0 Å². The van der Waals surface area contributed by atoms with Gasteiger partial charge in [-0.25, -0.2) is 9.37 Å². The van der Waals surface area contributed by atoms with Crippen molar-refractivity contribution in [3.8, 4) is 0 Å². The average Bonchev–Trinajstić information content (AvgIpc) is 3.36. The van der Waals surface area contributed by atoms with Crippen molar-refractivity contribution in [2.75, 3.05) is 6.54 Å². The zero-order valence-corrected chi connectivity index (χ0v) is 17.7. The van der Waals surface area contributed by atoms with E-state index >= 15 is 0 Å². The number of aromatic nitrogens is 3. The molecule has 2 fully saturated rings. The molecular formula is C23H28FN5O2. The van der Waals surface area contributed by atoms with E-state index in [4.69, 9.17) is 4.52 Å². The Balaban J connectivity index is 1.23. The predicted molar refractivity (Wildman–Crippen MR) is 114 cm³/mol. The van der Waals surface area contributed by atoms with Crippen molar-refractivity contribution in [2.24, 2.45) is 0 Å². The second-order valence-electron chi connectivity index (χ2n) is 8.73. The number of nitrogens with one attached hydrogen (secondary N) is 2. The molecule has 5 rings (SSSR count). The van der Waals surface area contributed by atoms with Crippen LogP contribution in [0, 0.1) is 5.82 Å². The molecular weight excluding hydrogens is 397 g/mol. The van der Waals surface area contributed by atoms with Crippen LogP contribution >= 0.6 is 0 Å². The van der Waals surface area contributed by atoms with Gasteiger partial charge >= 0.3 is 0 Å². The van der Waals surface area contributed by atoms with Crippen molar-refractivity contribution in [3.05, 3.63) is 47.4 Å². The summed E-state index contributed by atoms with van der Waals surface area (Å²) in [5.74, 6) is 1.36. The maximum Gasteiger partial charge on any atom is 0.289 e. The van der Waals surface area contributed by atoms with Gasteiger partial charge in [0.2, 0.25) is 0 Å². The van der Waals surface area contributed by atoms with Crippen molar-refractivity contribution in [3.63, 3.8) is 0 Å². The van der Waals surface area contributed by atoms with Crippen LogP contribution in [0.4, 0.5) is 4.39 Å². The Bertz CT molecular complexity index is 1070. The Hall–Kier alpha value is -2.74. The van der Waals surface area contributed by atoms with Gasteiger partial charge in [0.1, 0.15) is 11.6 Å². The highest BCUT2D eigenvalue weighted by Crippen LogP contribution is 2.40. The molecule has 2 heterocycles. The smallest absolute Gasteiger partial charge is 0.289 e. The summed E-state index contributed by atoms with van der Waals surface area (Å²) in [4.78, 5) is 22.5. The fourth-order valence-electron chi connectivity index (χ4n) is 4.64. The number of imidazole rings is 1. The minimum Gasteiger partial charge on any atom is -0.361 e. The molecule has 1 amide bonds. The van der Waals surface area contributed by atoms with Crippen LogP contribution in [0.25, 0.3) is 11.0 Å². The SMILES string of the molecule is CCN(C(=O)c1nc2cc(F)ccc2[nH]1)C1CCCC(NCc2cc(C3CC3)on2)C1. The van der Waals surface area contributed by atoms with E-state index in [2.05, 4.69) is 26.5 Å². The van der Waals surface area contributed by atoms with Crippen LogP contribution in [0.15, 0.2) is 28.8 Å². The second-order valence-corrected chi connectivity index (χ2v) is 8.73. The monoisotopic (exact) mass is 425 g/mol. The summed E-state index contributed by atoms with van der Waals surface area (Å²) in [6.45, 7) is 3.28. The molecule has 2 atom stereocenters. The largest absolute Gasteiger partial charge is 0.361 e. The van der Waals surface area contributed by atoms with Gasteiger partial charge in [0.05, 0.1) is 16.7 Å². The number of amides is 1. The summed E-state index contributed by atoms with van der Waals surface area (Å²) in [6.07, 6.45) is 6.41. The van der Waals surface area contributed by atoms with Gasteiger partial charge in [-0.3, -0.25) is 4.79 Å². The Morgan fingerprint density at radius 2 is 2.16 bits per heavy atom. The lowest BCUT2D eigenvalue weighted by atomic mass is 9.89. The summed E-state index contributed by atoms with van der Waals surface area (Å²) in [6, 6.07) is 6.87. The van der Waals surface area contributed by atoms with Crippen molar-refractivity contribution in [2.45, 2.75) is 70.0 Å². The maximum absolute atomic E-state index is 13.5. The van der Waals surface area contributed by atoms with Crippen LogP contribution in [-0.4, -0.2) is 44.6 Å². The van der Waals surface area contributed by atoms with E-state index in [1.807, 2.05) is 11.8 Å². The lowest BCUT2D eigenvalue weighted by Gasteiger charge is -2.37. The van der Waals surface area contributed by atoms with E-state index in [0.717, 1.165) is 37.1 Å². The highest BCUT2D eigenvalue weighted by molar-refractivity contribution is 5.94. The number of halogens is 1. The van der Waals surface area contributed by atoms with Gasteiger partial charge in [-0.2, -0.15) is 0 Å². The minimum atomic E-state index is -0.358. The van der Waals surface area contributed by atoms with E-state index in [0.29, 0.717) is 36.1 Å². The summed E-state index contributed by atoms with van der Waals surface area (Å²) in [5.41, 5.74) is 2.09. The van der Waals surface area contributed by atoms with E-state index in [1.54, 1.807) is 6.07 Å². The number of fused-ring (bicyclic) bond motifs is 1. The lowest BCUT2D eigenvalue weighted by Crippen LogP contribution is -2.47. The third-order valence-electron chi connectivity index (χ3n) is 6.47. The average molecular weight is 426 g/mol. The number of carbonyl (C=O) groups excluding carboxylic acids is 1. The number of rotatable bonds is 7. The van der Waals surface area contributed by atoms with Crippen molar-refractivity contribution >= 4 is 16.9 Å². The van der Waals surface area contributed by atoms with Crippen LogP contribution in [0.1, 0.15) is 73.4 Å². The van der Waals surface area contributed by atoms with Crippen LogP contribution in [-0.2, 0) is 6.54 Å². The van der Waals surface area contributed by atoms with Gasteiger partial charge in [0.25, 0.3) is 5.91 Å². The first-order chi connectivity index (χ1) is 15.1. The summed E-state index contributed by atoms with van der Waals surface area (Å²) in [7, 11) is 0. The molecule has 0 spiro atoms. The molecule has 8 heteroatoms. The molecule has 2 unspecified atom stereocenters. The van der Waals surface area contributed by atoms with Crippen LogP contribution in [0.5, 0.6) is 0 Å². The Labute approximate surface area is 180 Å². The second kappa shape index (κ2) is 8.42. The molecule has 7 nitrogen and oxygen atoms in total. The normalized spacial score (nSPS) is 21.5. The van der Waals surface area contributed by atoms with E-state index in [-0.39, 0.29) is 23.6 Å². The van der Waals surface area contributed by atoms with Crippen LogP contribution < -0.4 is 5.32 Å². The molecule has 3 aromatic rings. The molecule has 0 saturated heterocycles. The quantitative estimate of drug-likeness (QED) is 0.594. The van der Waals surface area contributed by atoms with E-state index in [1.165, 1.54) is 25.0 Å². The zero-order valence-electron chi connectivity index (χ0n) is 17.7. The first-order valence-electron chi connectivity index (χ1n) is 11.3. The van der Waals surface area contributed by atoms with Crippen molar-refractivity contribution < 1.29 is 13.7 Å². The first-order valence-corrected chi connectivity index (χ1v) is 11.3. The van der Waals surface area contributed by atoms with Crippen LogP contribution in [0.3, 0.4) is 0 Å². The third kappa shape index (κ3) is 4.35. The molecule has 1 aromatic carbocycles. The molecule has 2 aliphatic carbocycles. The molecule has 2 N–H and O–H groups in total. The molecule has 0 bridgehead atoms. The number of hydrogen-bond donors (Lipinski definition) is 2. The molecule has 0 aliphatic heterocycles. The number of hydrogen-bond acceptors (Lipinski definition) is 5. The Kier molecular flexibility index (Phi) is 5.48. The molecule has 0 radical (unpaired) electrons. The number of nitrogens with zero attached hydrogens (tertiary/aromatic N) is 3. The van der Waals surface area contributed by atoms with Gasteiger partial charge < -0.3 is 19.7 Å². The standard InChI is InChI=1S/C23H28FN5O2/c1-2-29(23(30)22-26-19-9-8-15(24)10-20(19)27-22)18-5-3-4-16(11-18)25-13-17-12-21(31-28-17)14-6-7-14/h8-10,12,14,16,18,25H,2-7,11,13H2,1H3,(H,26,27). The number of benzene rings is 1. The van der Waals surface area contributed by atoms with E-state index < -0.39 is 0 Å². The lowest BCUT2D eigenvalue weighted by molar-refractivity contribution is 0.0617. The van der Waals surface area contributed by atoms with Gasteiger partial charge in [0.15, 0.2) is 5.82 Å². The molecule has 2 aliphatic rings. The van der Waals surface area contributed by atoms with Gasteiger partial charge in [-0.05, 0) is 57.6 Å². The fraction of sp³-hybridized carbons (Fsp3) is 0.522. The number of aromatic amines is 1. The minimum absolute atomic E-state index is 0.129. The highest BCUT2D eigenvalue weighted by Gasteiger charge is 2.31. The van der Waals surface area contributed by atoms with E-state index in [9.17, 15) is 9.18 Å². The third-order valence-corrected chi connectivity index (χ3v) is 6.47. The first kappa shape index (κ1) is 20.2. The molecule has 164 valence electrons. The summed E-state index contributed by atoms with van der Waals surface area (Å²) < 4.78 is 18.9. The predicted octanol–water partition coefficient (Wildman–Crippen LogP) is 4.13. The van der Waals surface area contributed by atoms with Crippen LogP contribution in [0.2, 0.25) is 0 Å². The summed E-state index contributed by atoms with van der Waals surface area (Å²) in [5, 5.41) is 7.79. The maximum atomic E-state index is 13.5. The number of carbonyl (C=O) groups is 1. The molecule has 2 saturated carbocycles. The Morgan fingerprint density at radius 1 is 1.29 bits per heavy atom. The zero-order chi connectivity index (χ0) is 21.4. The van der Waals surface area contributed by atoms with Crippen molar-refractivity contribution in [1.82, 2.24) is 25.3 Å². The Morgan fingerprint density at radius 3 is 2.97 bits per heavy atom. The summed E-state index contributed by atoms with van der Waals surface area (Å²) >= 11 is 0. The number of H-pyrrole nitrogens is 1. The topological polar surface area (TPSA) is 87.0 Å².